The van der Waals surface area contributed by atoms with Crippen LogP contribution >= 0.6 is 11.6 Å². The second kappa shape index (κ2) is 7.15. The van der Waals surface area contributed by atoms with Gasteiger partial charge in [-0.2, -0.15) is 0 Å². The van der Waals surface area contributed by atoms with Crippen molar-refractivity contribution in [3.05, 3.63) is 90.5 Å². The molecule has 22 heavy (non-hydrogen) atoms. The Kier molecular flexibility index (Phi) is 4.77. The highest BCUT2D eigenvalue weighted by Crippen LogP contribution is 2.26. The Morgan fingerprint density at radius 2 is 1.23 bits per heavy atom. The van der Waals surface area contributed by atoms with Crippen LogP contribution in [0, 0.1) is 0 Å². The molecule has 2 heteroatoms. The molecule has 1 atom stereocenters. The van der Waals surface area contributed by atoms with Crippen LogP contribution in [0.15, 0.2) is 84.9 Å². The van der Waals surface area contributed by atoms with Gasteiger partial charge in [-0.15, -0.1) is 11.6 Å². The molecule has 1 nitrogen and oxygen atoms in total. The van der Waals surface area contributed by atoms with E-state index < -0.39 is 0 Å². The van der Waals surface area contributed by atoms with Crippen LogP contribution in [0.1, 0.15) is 11.7 Å². The summed E-state index contributed by atoms with van der Waals surface area (Å²) in [6.07, 6.45) is -0.134. The van der Waals surface area contributed by atoms with Crippen molar-refractivity contribution < 1.29 is 4.74 Å². The van der Waals surface area contributed by atoms with Crippen LogP contribution in [0.25, 0.3) is 11.1 Å². The van der Waals surface area contributed by atoms with Crippen LogP contribution < -0.4 is 4.74 Å². The number of alkyl halides is 1. The molecule has 3 aromatic carbocycles. The summed E-state index contributed by atoms with van der Waals surface area (Å²) in [7, 11) is 0. The van der Waals surface area contributed by atoms with Gasteiger partial charge in [0.1, 0.15) is 11.9 Å². The Hall–Kier alpha value is -2.25. The fourth-order valence-electron chi connectivity index (χ4n) is 2.38. The van der Waals surface area contributed by atoms with Crippen molar-refractivity contribution in [2.75, 3.05) is 5.88 Å². The van der Waals surface area contributed by atoms with E-state index in [0.717, 1.165) is 11.3 Å². The lowest BCUT2D eigenvalue weighted by atomic mass is 10.1. The number of hydrogen-bond acceptors (Lipinski definition) is 1. The van der Waals surface area contributed by atoms with E-state index >= 15 is 0 Å². The molecule has 0 aliphatic heterocycles. The first-order valence-electron chi connectivity index (χ1n) is 7.30. The van der Waals surface area contributed by atoms with Gasteiger partial charge in [0.25, 0.3) is 0 Å². The zero-order valence-electron chi connectivity index (χ0n) is 12.2. The molecule has 1 unspecified atom stereocenters. The van der Waals surface area contributed by atoms with Gasteiger partial charge in [0, 0.05) is 0 Å². The third-order valence-electron chi connectivity index (χ3n) is 3.55. The molecule has 0 bridgehead atoms. The minimum atomic E-state index is -0.134. The quantitative estimate of drug-likeness (QED) is 0.548. The Morgan fingerprint density at radius 3 is 1.82 bits per heavy atom. The zero-order chi connectivity index (χ0) is 15.2. The normalized spacial score (nSPS) is 11.9. The number of benzene rings is 3. The molecule has 0 radical (unpaired) electrons. The lowest BCUT2D eigenvalue weighted by molar-refractivity contribution is 0.230. The summed E-state index contributed by atoms with van der Waals surface area (Å²) in [6, 6.07) is 28.5. The molecule has 0 fully saturated rings. The van der Waals surface area contributed by atoms with Crippen molar-refractivity contribution in [1.82, 2.24) is 0 Å². The predicted molar refractivity (Wildman–Crippen MR) is 92.4 cm³/mol. The monoisotopic (exact) mass is 308 g/mol. The second-order valence-corrected chi connectivity index (χ2v) is 5.37. The molecule has 0 aliphatic rings. The van der Waals surface area contributed by atoms with Gasteiger partial charge in [-0.05, 0) is 28.8 Å². The van der Waals surface area contributed by atoms with Crippen LogP contribution in [-0.2, 0) is 0 Å². The smallest absolute Gasteiger partial charge is 0.137 e. The Bertz CT molecular complexity index is 693. The summed E-state index contributed by atoms with van der Waals surface area (Å²) in [4.78, 5) is 0. The summed E-state index contributed by atoms with van der Waals surface area (Å²) in [5.74, 6) is 1.25. The lowest BCUT2D eigenvalue weighted by Gasteiger charge is -2.17. The minimum absolute atomic E-state index is 0.134. The summed E-state index contributed by atoms with van der Waals surface area (Å²) in [6.45, 7) is 0. The van der Waals surface area contributed by atoms with E-state index in [9.17, 15) is 0 Å². The maximum atomic E-state index is 6.05. The highest BCUT2D eigenvalue weighted by atomic mass is 35.5. The highest BCUT2D eigenvalue weighted by Gasteiger charge is 2.11. The Morgan fingerprint density at radius 1 is 0.682 bits per heavy atom. The van der Waals surface area contributed by atoms with Crippen molar-refractivity contribution >= 4 is 11.6 Å². The molecular weight excluding hydrogens is 292 g/mol. The summed E-state index contributed by atoms with van der Waals surface area (Å²) < 4.78 is 6.01. The fourth-order valence-corrected chi connectivity index (χ4v) is 2.62. The van der Waals surface area contributed by atoms with Crippen LogP contribution in [0.3, 0.4) is 0 Å². The number of hydrogen-bond donors (Lipinski definition) is 0. The Labute approximate surface area is 136 Å². The minimum Gasteiger partial charge on any atom is -0.484 e. The average molecular weight is 309 g/mol. The van der Waals surface area contributed by atoms with E-state index in [1.807, 2.05) is 60.7 Å². The molecule has 0 saturated carbocycles. The first-order valence-corrected chi connectivity index (χ1v) is 7.83. The standard InChI is InChI=1S/C20H17ClO/c21-15-20(18-9-5-2-6-10-18)22-19-13-11-17(12-14-19)16-7-3-1-4-8-16/h1-14,20H,15H2. The number of halogens is 1. The van der Waals surface area contributed by atoms with E-state index in [2.05, 4.69) is 24.3 Å². The molecule has 0 N–H and O–H groups in total. The van der Waals surface area contributed by atoms with E-state index in [-0.39, 0.29) is 6.10 Å². The molecular formula is C20H17ClO. The van der Waals surface area contributed by atoms with Crippen molar-refractivity contribution in [1.29, 1.82) is 0 Å². The predicted octanol–water partition coefficient (Wildman–Crippen LogP) is 5.71. The first kappa shape index (κ1) is 14.7. The van der Waals surface area contributed by atoms with Crippen molar-refractivity contribution in [3.63, 3.8) is 0 Å². The van der Waals surface area contributed by atoms with Gasteiger partial charge in [-0.25, -0.2) is 0 Å². The molecule has 0 aliphatic carbocycles. The number of ether oxygens (including phenoxy) is 1. The molecule has 0 saturated heterocycles. The van der Waals surface area contributed by atoms with Crippen LogP contribution in [-0.4, -0.2) is 5.88 Å². The summed E-state index contributed by atoms with van der Waals surface area (Å²) >= 11 is 6.05. The van der Waals surface area contributed by atoms with E-state index in [1.165, 1.54) is 11.1 Å². The van der Waals surface area contributed by atoms with Gasteiger partial charge >= 0.3 is 0 Å². The summed E-state index contributed by atoms with van der Waals surface area (Å²) in [5.41, 5.74) is 3.46. The maximum Gasteiger partial charge on any atom is 0.137 e. The van der Waals surface area contributed by atoms with Crippen molar-refractivity contribution in [2.24, 2.45) is 0 Å². The van der Waals surface area contributed by atoms with Gasteiger partial charge in [0.05, 0.1) is 5.88 Å². The molecule has 3 rings (SSSR count). The highest BCUT2D eigenvalue weighted by molar-refractivity contribution is 6.18. The molecule has 110 valence electrons. The largest absolute Gasteiger partial charge is 0.484 e. The molecule has 0 heterocycles. The van der Waals surface area contributed by atoms with E-state index in [1.54, 1.807) is 0 Å². The molecule has 3 aromatic rings. The van der Waals surface area contributed by atoms with Gasteiger partial charge < -0.3 is 4.74 Å². The lowest BCUT2D eigenvalue weighted by Crippen LogP contribution is -2.08. The average Bonchev–Trinajstić information content (AvgIpc) is 2.62. The molecule has 0 amide bonds. The van der Waals surface area contributed by atoms with Crippen LogP contribution in [0.4, 0.5) is 0 Å². The van der Waals surface area contributed by atoms with Crippen molar-refractivity contribution in [2.45, 2.75) is 6.10 Å². The first-order chi connectivity index (χ1) is 10.9. The van der Waals surface area contributed by atoms with Gasteiger partial charge in [-0.3, -0.25) is 0 Å². The van der Waals surface area contributed by atoms with Crippen LogP contribution in [0.2, 0.25) is 0 Å². The molecule has 0 spiro atoms. The number of rotatable bonds is 5. The third-order valence-corrected chi connectivity index (χ3v) is 3.83. The molecule has 0 aromatic heterocycles. The van der Waals surface area contributed by atoms with Gasteiger partial charge in [-0.1, -0.05) is 72.8 Å². The SMILES string of the molecule is ClCC(Oc1ccc(-c2ccccc2)cc1)c1ccccc1. The van der Waals surface area contributed by atoms with Crippen LogP contribution in [0.5, 0.6) is 5.75 Å². The van der Waals surface area contributed by atoms with Gasteiger partial charge in [0.15, 0.2) is 0 Å². The maximum absolute atomic E-state index is 6.05. The fraction of sp³-hybridized carbons (Fsp3) is 0.100. The van der Waals surface area contributed by atoms with E-state index in [0.29, 0.717) is 5.88 Å². The summed E-state index contributed by atoms with van der Waals surface area (Å²) in [5, 5.41) is 0. The third kappa shape index (κ3) is 3.49. The van der Waals surface area contributed by atoms with Crippen molar-refractivity contribution in [3.8, 4) is 16.9 Å². The topological polar surface area (TPSA) is 9.23 Å². The van der Waals surface area contributed by atoms with E-state index in [4.69, 9.17) is 16.3 Å². The van der Waals surface area contributed by atoms with Gasteiger partial charge in [0.2, 0.25) is 0 Å². The second-order valence-electron chi connectivity index (χ2n) is 5.06. The Balaban J connectivity index is 1.76. The zero-order valence-corrected chi connectivity index (χ0v) is 12.9.